The van der Waals surface area contributed by atoms with E-state index in [9.17, 15) is 9.59 Å². The number of rotatable bonds is 6. The van der Waals surface area contributed by atoms with Crippen LogP contribution in [0.25, 0.3) is 0 Å². The summed E-state index contributed by atoms with van der Waals surface area (Å²) in [5.74, 6) is -0.146. The lowest BCUT2D eigenvalue weighted by molar-refractivity contribution is -0.140. The summed E-state index contributed by atoms with van der Waals surface area (Å²) < 4.78 is 16.8. The van der Waals surface area contributed by atoms with E-state index in [0.29, 0.717) is 5.75 Å². The van der Waals surface area contributed by atoms with Crippen molar-refractivity contribution in [2.45, 2.75) is 56.3 Å². The first kappa shape index (κ1) is 20.2. The predicted octanol–water partition coefficient (Wildman–Crippen LogP) is 3.13. The van der Waals surface area contributed by atoms with Crippen LogP contribution in [0.4, 0.5) is 0 Å². The maximum absolute atomic E-state index is 12.8. The SMILES string of the molecule is CC(C)(C)[Si](C)(C)OC1C(SOOc2ccccc2)C(=O)N2COC(=O)C12. The molecule has 2 aliphatic rings. The van der Waals surface area contributed by atoms with Crippen molar-refractivity contribution in [1.82, 2.24) is 4.90 Å². The molecule has 27 heavy (non-hydrogen) atoms. The summed E-state index contributed by atoms with van der Waals surface area (Å²) in [5, 5.41) is -0.761. The largest absolute Gasteiger partial charge is 0.443 e. The molecule has 0 bridgehead atoms. The minimum atomic E-state index is -2.23. The third kappa shape index (κ3) is 4.01. The Kier molecular flexibility index (Phi) is 5.58. The fourth-order valence-corrected chi connectivity index (χ4v) is 4.86. The number of esters is 1. The fourth-order valence-electron chi connectivity index (χ4n) is 2.72. The molecular formula is C18H25NO6SSi. The van der Waals surface area contributed by atoms with Crippen LogP contribution < -0.4 is 4.89 Å². The molecule has 3 rings (SSSR count). The van der Waals surface area contributed by atoms with E-state index in [1.54, 1.807) is 12.1 Å². The van der Waals surface area contributed by atoms with Gasteiger partial charge in [0.25, 0.3) is 0 Å². The van der Waals surface area contributed by atoms with Crippen LogP contribution in [-0.2, 0) is 23.1 Å². The van der Waals surface area contributed by atoms with E-state index in [1.807, 2.05) is 18.2 Å². The van der Waals surface area contributed by atoms with Gasteiger partial charge in [-0.25, -0.2) is 4.79 Å². The first-order chi connectivity index (χ1) is 12.6. The average Bonchev–Trinajstić information content (AvgIpc) is 3.08. The second-order valence-corrected chi connectivity index (χ2v) is 13.8. The van der Waals surface area contributed by atoms with Crippen LogP contribution in [0.1, 0.15) is 20.8 Å². The summed E-state index contributed by atoms with van der Waals surface area (Å²) in [6.45, 7) is 10.5. The van der Waals surface area contributed by atoms with Crippen LogP contribution >= 0.6 is 12.0 Å². The molecule has 0 N–H and O–H groups in total. The highest BCUT2D eigenvalue weighted by Gasteiger charge is 2.59. The van der Waals surface area contributed by atoms with Gasteiger partial charge in [-0.2, -0.15) is 0 Å². The molecule has 1 aromatic rings. The molecule has 2 fully saturated rings. The number of ether oxygens (including phenoxy) is 1. The second kappa shape index (κ2) is 7.46. The molecule has 2 aliphatic heterocycles. The third-order valence-electron chi connectivity index (χ3n) is 5.31. The number of carbonyl (C=O) groups excluding carboxylic acids is 2. The zero-order valence-corrected chi connectivity index (χ0v) is 17.9. The van der Waals surface area contributed by atoms with Gasteiger partial charge in [0.05, 0.1) is 18.1 Å². The number of carbonyl (C=O) groups is 2. The number of amides is 1. The van der Waals surface area contributed by atoms with E-state index in [4.69, 9.17) is 18.4 Å². The predicted molar refractivity (Wildman–Crippen MR) is 103 cm³/mol. The van der Waals surface area contributed by atoms with E-state index >= 15 is 0 Å². The average molecular weight is 412 g/mol. The standard InChI is InChI=1S/C18H25NO6SSi/c1-18(2,3)27(4,5)24-14-13-17(21)22-11-19(13)16(20)15(14)26-25-23-12-9-7-6-8-10-12/h6-10,13-15H,11H2,1-5H3. The Morgan fingerprint density at radius 3 is 2.48 bits per heavy atom. The molecular weight excluding hydrogens is 386 g/mol. The molecule has 1 aromatic carbocycles. The molecule has 0 aliphatic carbocycles. The Morgan fingerprint density at radius 2 is 1.85 bits per heavy atom. The number of hydrogen-bond acceptors (Lipinski definition) is 7. The van der Waals surface area contributed by atoms with Crippen molar-refractivity contribution in [1.29, 1.82) is 0 Å². The quantitative estimate of drug-likeness (QED) is 0.234. The van der Waals surface area contributed by atoms with Gasteiger partial charge in [0, 0.05) is 0 Å². The molecule has 7 nitrogen and oxygen atoms in total. The summed E-state index contributed by atoms with van der Waals surface area (Å²) >= 11 is 0.881. The van der Waals surface area contributed by atoms with Crippen LogP contribution in [-0.4, -0.2) is 49.2 Å². The van der Waals surface area contributed by atoms with Crippen molar-refractivity contribution in [2.24, 2.45) is 0 Å². The molecule has 2 heterocycles. The summed E-state index contributed by atoms with van der Waals surface area (Å²) in [7, 11) is -2.23. The zero-order chi connectivity index (χ0) is 19.8. The third-order valence-corrected chi connectivity index (χ3v) is 10.6. The van der Waals surface area contributed by atoms with Gasteiger partial charge in [-0.15, -0.1) is 4.33 Å². The normalized spacial score (nSPS) is 25.5. The van der Waals surface area contributed by atoms with E-state index in [-0.39, 0.29) is 17.7 Å². The highest BCUT2D eigenvalue weighted by Crippen LogP contribution is 2.42. The van der Waals surface area contributed by atoms with Gasteiger partial charge < -0.3 is 14.1 Å². The maximum Gasteiger partial charge on any atom is 0.333 e. The smallest absolute Gasteiger partial charge is 0.333 e. The van der Waals surface area contributed by atoms with Gasteiger partial charge in [0.15, 0.2) is 26.8 Å². The summed E-state index contributed by atoms with van der Waals surface area (Å²) in [4.78, 5) is 31.7. The Morgan fingerprint density at radius 1 is 1.19 bits per heavy atom. The molecule has 0 radical (unpaired) electrons. The lowest BCUT2D eigenvalue weighted by Gasteiger charge is -2.39. The van der Waals surface area contributed by atoms with E-state index in [0.717, 1.165) is 12.0 Å². The van der Waals surface area contributed by atoms with Crippen molar-refractivity contribution >= 4 is 32.2 Å². The molecule has 3 unspecified atom stereocenters. The molecule has 9 heteroatoms. The highest BCUT2D eigenvalue weighted by atomic mass is 32.2. The molecule has 2 saturated heterocycles. The zero-order valence-electron chi connectivity index (χ0n) is 16.1. The first-order valence-corrected chi connectivity index (χ1v) is 12.5. The van der Waals surface area contributed by atoms with Gasteiger partial charge in [-0.1, -0.05) is 39.0 Å². The van der Waals surface area contributed by atoms with Crippen LogP contribution in [0.5, 0.6) is 5.75 Å². The van der Waals surface area contributed by atoms with Crippen molar-refractivity contribution in [2.75, 3.05) is 6.73 Å². The fraction of sp³-hybridized carbons (Fsp3) is 0.556. The summed E-state index contributed by atoms with van der Waals surface area (Å²) in [6.07, 6.45) is -0.641. The molecule has 148 valence electrons. The Bertz CT molecular complexity index is 708. The molecule has 3 atom stereocenters. The van der Waals surface area contributed by atoms with Crippen LogP contribution in [0.2, 0.25) is 18.1 Å². The first-order valence-electron chi connectivity index (χ1n) is 8.82. The van der Waals surface area contributed by atoms with E-state index in [1.165, 1.54) is 4.90 Å². The number of nitrogens with zero attached hydrogens (tertiary/aromatic N) is 1. The molecule has 0 spiro atoms. The number of para-hydroxylation sites is 1. The van der Waals surface area contributed by atoms with Crippen LogP contribution in [0.3, 0.4) is 0 Å². The van der Waals surface area contributed by atoms with Gasteiger partial charge in [0.2, 0.25) is 5.91 Å². The van der Waals surface area contributed by atoms with Crippen molar-refractivity contribution in [3.8, 4) is 5.75 Å². The van der Waals surface area contributed by atoms with Gasteiger partial charge in [-0.3, -0.25) is 9.69 Å². The minimum absolute atomic E-state index is 0.0453. The van der Waals surface area contributed by atoms with E-state index < -0.39 is 31.7 Å². The molecule has 0 aromatic heterocycles. The maximum atomic E-state index is 12.8. The van der Waals surface area contributed by atoms with Crippen LogP contribution in [0, 0.1) is 0 Å². The lowest BCUT2D eigenvalue weighted by Crippen LogP contribution is -2.50. The Hall–Kier alpha value is -1.55. The van der Waals surface area contributed by atoms with Crippen LogP contribution in [0.15, 0.2) is 30.3 Å². The van der Waals surface area contributed by atoms with E-state index in [2.05, 4.69) is 33.9 Å². The Labute approximate surface area is 164 Å². The number of benzene rings is 1. The highest BCUT2D eigenvalue weighted by molar-refractivity contribution is 7.96. The topological polar surface area (TPSA) is 74.3 Å². The van der Waals surface area contributed by atoms with Crippen molar-refractivity contribution in [3.63, 3.8) is 0 Å². The minimum Gasteiger partial charge on any atom is -0.443 e. The molecule has 0 saturated carbocycles. The number of hydrogen-bond donors (Lipinski definition) is 0. The van der Waals surface area contributed by atoms with Gasteiger partial charge >= 0.3 is 5.97 Å². The van der Waals surface area contributed by atoms with Gasteiger partial charge in [-0.05, 0) is 30.3 Å². The molecule has 1 amide bonds. The van der Waals surface area contributed by atoms with Gasteiger partial charge in [0.1, 0.15) is 5.25 Å². The number of fused-ring (bicyclic) bond motifs is 1. The monoisotopic (exact) mass is 411 g/mol. The van der Waals surface area contributed by atoms with Crippen molar-refractivity contribution < 1.29 is 28.0 Å². The number of cyclic esters (lactones) is 1. The van der Waals surface area contributed by atoms with Crippen molar-refractivity contribution in [3.05, 3.63) is 30.3 Å². The Balaban J connectivity index is 1.75. The summed E-state index contributed by atoms with van der Waals surface area (Å²) in [6, 6.07) is 8.26. The lowest BCUT2D eigenvalue weighted by atomic mass is 10.2. The summed E-state index contributed by atoms with van der Waals surface area (Å²) in [5.41, 5.74) is 0. The second-order valence-electron chi connectivity index (χ2n) is 8.17.